The van der Waals surface area contributed by atoms with Gasteiger partial charge in [-0.05, 0) is 44.5 Å². The lowest BCUT2D eigenvalue weighted by atomic mass is 9.97. The van der Waals surface area contributed by atoms with E-state index in [-0.39, 0.29) is 12.1 Å². The third kappa shape index (κ3) is 4.24. The van der Waals surface area contributed by atoms with Gasteiger partial charge < -0.3 is 4.74 Å². The monoisotopic (exact) mass is 331 g/mol. The second kappa shape index (κ2) is 5.86. The van der Waals surface area contributed by atoms with Crippen molar-refractivity contribution in [2.24, 2.45) is 0 Å². The summed E-state index contributed by atoms with van der Waals surface area (Å²) >= 11 is 0. The number of hydrogen-bond donors (Lipinski definition) is 0. The number of carbonyl (C=O) groups is 1. The minimum atomic E-state index is -4.55. The number of carbonyl (C=O) groups excluding carboxylic acids is 1. The predicted octanol–water partition coefficient (Wildman–Crippen LogP) is 4.69. The average molecular weight is 331 g/mol. The van der Waals surface area contributed by atoms with E-state index >= 15 is 0 Å². The van der Waals surface area contributed by atoms with Crippen LogP contribution in [-0.2, 0) is 10.9 Å². The Labute approximate surface area is 131 Å². The lowest BCUT2D eigenvalue weighted by Gasteiger charge is -2.24. The Bertz CT molecular complexity index is 632. The van der Waals surface area contributed by atoms with Gasteiger partial charge in [-0.1, -0.05) is 6.08 Å². The van der Waals surface area contributed by atoms with Gasteiger partial charge >= 0.3 is 12.3 Å². The van der Waals surface area contributed by atoms with Crippen LogP contribution in [0.2, 0.25) is 0 Å². The molecule has 1 amide bonds. The first-order valence-corrected chi connectivity index (χ1v) is 7.02. The molecule has 126 valence electrons. The molecule has 23 heavy (non-hydrogen) atoms. The topological polar surface area (TPSA) is 29.5 Å². The molecule has 0 bridgehead atoms. The fraction of sp³-hybridized carbons (Fsp3) is 0.438. The molecule has 1 aliphatic rings. The second-order valence-electron chi connectivity index (χ2n) is 6.31. The summed E-state index contributed by atoms with van der Waals surface area (Å²) in [7, 11) is 0. The van der Waals surface area contributed by atoms with Gasteiger partial charge in [-0.3, -0.25) is 4.90 Å². The molecule has 3 nitrogen and oxygen atoms in total. The van der Waals surface area contributed by atoms with E-state index in [1.165, 1.54) is 17.2 Å². The molecular weight excluding hydrogens is 314 g/mol. The standard InChI is InChI=1S/C16H17F4NO2/c1-15(2,3)23-14(22)21-7-6-10(9-21)12-8-11(16(18,19)20)4-5-13(12)17/h4-8,10H,9H2,1-3H3. The molecule has 1 aliphatic heterocycles. The number of benzene rings is 1. The molecule has 1 atom stereocenters. The van der Waals surface area contributed by atoms with Gasteiger partial charge in [0.1, 0.15) is 11.4 Å². The molecule has 7 heteroatoms. The maximum atomic E-state index is 13.9. The van der Waals surface area contributed by atoms with Crippen LogP contribution in [0.3, 0.4) is 0 Å². The molecule has 1 heterocycles. The molecule has 0 N–H and O–H groups in total. The summed E-state index contributed by atoms with van der Waals surface area (Å²) in [6, 6.07) is 2.27. The number of hydrogen-bond acceptors (Lipinski definition) is 2. The largest absolute Gasteiger partial charge is 0.443 e. The van der Waals surface area contributed by atoms with Crippen LogP contribution >= 0.6 is 0 Å². The summed E-state index contributed by atoms with van der Waals surface area (Å²) in [5, 5.41) is 0. The fourth-order valence-electron chi connectivity index (χ4n) is 2.20. The van der Waals surface area contributed by atoms with E-state index in [0.29, 0.717) is 6.07 Å². The van der Waals surface area contributed by atoms with Crippen molar-refractivity contribution in [1.82, 2.24) is 4.90 Å². The number of nitrogens with zero attached hydrogens (tertiary/aromatic N) is 1. The third-order valence-electron chi connectivity index (χ3n) is 3.24. The van der Waals surface area contributed by atoms with Crippen LogP contribution in [0.25, 0.3) is 0 Å². The molecule has 0 radical (unpaired) electrons. The van der Waals surface area contributed by atoms with Crippen LogP contribution in [0.4, 0.5) is 22.4 Å². The van der Waals surface area contributed by atoms with Crippen molar-refractivity contribution >= 4 is 6.09 Å². The SMILES string of the molecule is CC(C)(C)OC(=O)N1C=CC(c2cc(C(F)(F)F)ccc2F)C1. The Hall–Kier alpha value is -2.05. The molecule has 0 aromatic heterocycles. The van der Waals surface area contributed by atoms with Crippen molar-refractivity contribution in [3.05, 3.63) is 47.4 Å². The zero-order valence-electron chi connectivity index (χ0n) is 12.9. The van der Waals surface area contributed by atoms with E-state index in [0.717, 1.165) is 12.1 Å². The van der Waals surface area contributed by atoms with Gasteiger partial charge in [0.15, 0.2) is 0 Å². The van der Waals surface area contributed by atoms with Crippen molar-refractivity contribution in [2.75, 3.05) is 6.54 Å². The highest BCUT2D eigenvalue weighted by Crippen LogP contribution is 2.34. The van der Waals surface area contributed by atoms with Crippen LogP contribution in [0, 0.1) is 5.82 Å². The lowest BCUT2D eigenvalue weighted by molar-refractivity contribution is -0.137. The number of rotatable bonds is 1. The van der Waals surface area contributed by atoms with Crippen molar-refractivity contribution in [1.29, 1.82) is 0 Å². The van der Waals surface area contributed by atoms with E-state index in [2.05, 4.69) is 0 Å². The molecule has 1 aromatic carbocycles. The van der Waals surface area contributed by atoms with E-state index in [1.54, 1.807) is 20.8 Å². The van der Waals surface area contributed by atoms with Gasteiger partial charge in [-0.15, -0.1) is 0 Å². The first-order valence-electron chi connectivity index (χ1n) is 7.02. The van der Waals surface area contributed by atoms with E-state index < -0.39 is 35.2 Å². The first-order chi connectivity index (χ1) is 10.5. The van der Waals surface area contributed by atoms with Crippen molar-refractivity contribution in [3.63, 3.8) is 0 Å². The van der Waals surface area contributed by atoms with Gasteiger partial charge in [0.25, 0.3) is 0 Å². The van der Waals surface area contributed by atoms with Gasteiger partial charge in [-0.2, -0.15) is 13.2 Å². The number of halogens is 4. The van der Waals surface area contributed by atoms with Gasteiger partial charge in [0.2, 0.25) is 0 Å². The molecule has 1 aromatic rings. The maximum Gasteiger partial charge on any atom is 0.416 e. The lowest BCUT2D eigenvalue weighted by Crippen LogP contribution is -2.33. The Morgan fingerprint density at radius 3 is 2.48 bits per heavy atom. The molecule has 0 fully saturated rings. The average Bonchev–Trinajstić information content (AvgIpc) is 2.85. The molecule has 0 aliphatic carbocycles. The Morgan fingerprint density at radius 2 is 1.91 bits per heavy atom. The normalized spacial score (nSPS) is 18.4. The maximum absolute atomic E-state index is 13.9. The Kier molecular flexibility index (Phi) is 4.41. The Balaban J connectivity index is 2.17. The quantitative estimate of drug-likeness (QED) is 0.699. The minimum Gasteiger partial charge on any atom is -0.443 e. The zero-order valence-corrected chi connectivity index (χ0v) is 12.9. The summed E-state index contributed by atoms with van der Waals surface area (Å²) in [6.07, 6.45) is -2.28. The summed E-state index contributed by atoms with van der Waals surface area (Å²) < 4.78 is 57.3. The van der Waals surface area contributed by atoms with Crippen LogP contribution in [0.15, 0.2) is 30.5 Å². The highest BCUT2D eigenvalue weighted by molar-refractivity contribution is 5.70. The molecule has 1 unspecified atom stereocenters. The minimum absolute atomic E-state index is 0.0349. The molecule has 0 spiro atoms. The molecule has 2 rings (SSSR count). The summed E-state index contributed by atoms with van der Waals surface area (Å²) in [5.41, 5.74) is -1.70. The van der Waals surface area contributed by atoms with Crippen LogP contribution in [0.5, 0.6) is 0 Å². The summed E-state index contributed by atoms with van der Waals surface area (Å²) in [4.78, 5) is 13.1. The van der Waals surface area contributed by atoms with E-state index in [1.807, 2.05) is 0 Å². The fourth-order valence-corrected chi connectivity index (χ4v) is 2.20. The highest BCUT2D eigenvalue weighted by atomic mass is 19.4. The Morgan fingerprint density at radius 1 is 1.26 bits per heavy atom. The predicted molar refractivity (Wildman–Crippen MR) is 76.2 cm³/mol. The summed E-state index contributed by atoms with van der Waals surface area (Å²) in [5.74, 6) is -1.39. The van der Waals surface area contributed by atoms with Gasteiger partial charge in [0.05, 0.1) is 5.56 Å². The second-order valence-corrected chi connectivity index (χ2v) is 6.31. The number of alkyl halides is 3. The van der Waals surface area contributed by atoms with Crippen molar-refractivity contribution in [3.8, 4) is 0 Å². The van der Waals surface area contributed by atoms with Crippen LogP contribution in [-0.4, -0.2) is 23.1 Å². The first kappa shape index (κ1) is 17.3. The molecular formula is C16H17F4NO2. The highest BCUT2D eigenvalue weighted by Gasteiger charge is 2.33. The van der Waals surface area contributed by atoms with Crippen molar-refractivity contribution in [2.45, 2.75) is 38.5 Å². The van der Waals surface area contributed by atoms with Crippen molar-refractivity contribution < 1.29 is 27.1 Å². The smallest absolute Gasteiger partial charge is 0.416 e. The number of amides is 1. The third-order valence-corrected chi connectivity index (χ3v) is 3.24. The van der Waals surface area contributed by atoms with E-state index in [9.17, 15) is 22.4 Å². The van der Waals surface area contributed by atoms with Crippen LogP contribution < -0.4 is 0 Å². The zero-order chi connectivity index (χ0) is 17.4. The van der Waals surface area contributed by atoms with Gasteiger partial charge in [-0.25, -0.2) is 9.18 Å². The summed E-state index contributed by atoms with van der Waals surface area (Å²) in [6.45, 7) is 5.14. The van der Waals surface area contributed by atoms with Crippen LogP contribution in [0.1, 0.15) is 37.8 Å². The molecule has 0 saturated heterocycles. The molecule has 0 saturated carbocycles. The van der Waals surface area contributed by atoms with Gasteiger partial charge in [0, 0.05) is 18.7 Å². The van der Waals surface area contributed by atoms with E-state index in [4.69, 9.17) is 4.74 Å². The number of ether oxygens (including phenoxy) is 1.